The van der Waals surface area contributed by atoms with E-state index >= 15 is 0 Å². The Morgan fingerprint density at radius 2 is 1.65 bits per heavy atom. The predicted octanol–water partition coefficient (Wildman–Crippen LogP) is 5.11. The van der Waals surface area contributed by atoms with Gasteiger partial charge in [-0.05, 0) is 41.2 Å². The molecule has 0 N–H and O–H groups in total. The Kier molecular flexibility index (Phi) is 3.54. The van der Waals surface area contributed by atoms with Gasteiger partial charge in [-0.15, -0.1) is 11.6 Å². The van der Waals surface area contributed by atoms with Gasteiger partial charge in [-0.3, -0.25) is 0 Å². The first kappa shape index (κ1) is 13.0. The lowest BCUT2D eigenvalue weighted by atomic mass is 9.84. The SMILES string of the molecule is CC1C(Cl)CCC1c1ccc(C(C)(C)C)cc1. The molecule has 1 saturated carbocycles. The second-order valence-corrected chi connectivity index (χ2v) is 6.99. The van der Waals surface area contributed by atoms with Crippen LogP contribution in [0.2, 0.25) is 0 Å². The lowest BCUT2D eigenvalue weighted by molar-refractivity contribution is 0.536. The van der Waals surface area contributed by atoms with Crippen molar-refractivity contribution in [3.63, 3.8) is 0 Å². The fourth-order valence-corrected chi connectivity index (χ4v) is 3.12. The van der Waals surface area contributed by atoms with Crippen molar-refractivity contribution in [1.82, 2.24) is 0 Å². The van der Waals surface area contributed by atoms with Crippen molar-refractivity contribution in [2.75, 3.05) is 0 Å². The van der Waals surface area contributed by atoms with Gasteiger partial charge >= 0.3 is 0 Å². The van der Waals surface area contributed by atoms with Crippen molar-refractivity contribution in [2.24, 2.45) is 5.92 Å². The molecule has 17 heavy (non-hydrogen) atoms. The van der Waals surface area contributed by atoms with Crippen LogP contribution in [0.5, 0.6) is 0 Å². The molecule has 1 aliphatic rings. The maximum absolute atomic E-state index is 6.31. The van der Waals surface area contributed by atoms with Crippen LogP contribution in [-0.2, 0) is 5.41 Å². The summed E-state index contributed by atoms with van der Waals surface area (Å²) in [5, 5.41) is 0.363. The summed E-state index contributed by atoms with van der Waals surface area (Å²) in [6.45, 7) is 9.06. The van der Waals surface area contributed by atoms with Gasteiger partial charge in [-0.25, -0.2) is 0 Å². The van der Waals surface area contributed by atoms with Crippen LogP contribution in [0.4, 0.5) is 0 Å². The largest absolute Gasteiger partial charge is 0.123 e. The zero-order valence-corrected chi connectivity index (χ0v) is 12.1. The van der Waals surface area contributed by atoms with Crippen molar-refractivity contribution in [3.05, 3.63) is 35.4 Å². The zero-order chi connectivity index (χ0) is 12.6. The fraction of sp³-hybridized carbons (Fsp3) is 0.625. The summed E-state index contributed by atoms with van der Waals surface area (Å²) in [7, 11) is 0. The van der Waals surface area contributed by atoms with E-state index in [2.05, 4.69) is 52.0 Å². The van der Waals surface area contributed by atoms with Crippen molar-refractivity contribution in [2.45, 2.75) is 57.2 Å². The van der Waals surface area contributed by atoms with E-state index in [0.29, 0.717) is 17.2 Å². The van der Waals surface area contributed by atoms with Crippen LogP contribution in [0.25, 0.3) is 0 Å². The Morgan fingerprint density at radius 3 is 2.06 bits per heavy atom. The molecular formula is C16H23Cl. The third kappa shape index (κ3) is 2.68. The standard InChI is InChI=1S/C16H23Cl/c1-11-14(9-10-15(11)17)12-5-7-13(8-6-12)16(2,3)4/h5-8,11,14-15H,9-10H2,1-4H3. The summed E-state index contributed by atoms with van der Waals surface area (Å²) in [4.78, 5) is 0. The Balaban J connectivity index is 2.19. The van der Waals surface area contributed by atoms with E-state index < -0.39 is 0 Å². The minimum Gasteiger partial charge on any atom is -0.123 e. The average Bonchev–Trinajstić information content (AvgIpc) is 2.59. The molecule has 0 spiro atoms. The van der Waals surface area contributed by atoms with Crippen LogP contribution >= 0.6 is 11.6 Å². The highest BCUT2D eigenvalue weighted by molar-refractivity contribution is 6.21. The van der Waals surface area contributed by atoms with Crippen LogP contribution in [-0.4, -0.2) is 5.38 Å². The summed E-state index contributed by atoms with van der Waals surface area (Å²) in [6.07, 6.45) is 2.40. The third-order valence-corrected chi connectivity index (χ3v) is 4.78. The summed E-state index contributed by atoms with van der Waals surface area (Å²) in [5.74, 6) is 1.27. The lowest BCUT2D eigenvalue weighted by Crippen LogP contribution is -2.12. The molecule has 0 aliphatic heterocycles. The minimum absolute atomic E-state index is 0.245. The Bertz CT molecular complexity index is 372. The number of benzene rings is 1. The fourth-order valence-electron chi connectivity index (χ4n) is 2.82. The molecule has 1 aromatic carbocycles. The molecule has 1 aromatic rings. The van der Waals surface area contributed by atoms with Crippen molar-refractivity contribution in [3.8, 4) is 0 Å². The van der Waals surface area contributed by atoms with Gasteiger partial charge in [0.1, 0.15) is 0 Å². The van der Waals surface area contributed by atoms with Gasteiger partial charge in [0.2, 0.25) is 0 Å². The highest BCUT2D eigenvalue weighted by Gasteiger charge is 2.32. The highest BCUT2D eigenvalue weighted by Crippen LogP contribution is 2.42. The molecule has 94 valence electrons. The van der Waals surface area contributed by atoms with E-state index in [1.165, 1.54) is 17.5 Å². The Hall–Kier alpha value is -0.490. The molecule has 0 amide bonds. The van der Waals surface area contributed by atoms with Gasteiger partial charge in [0.15, 0.2) is 0 Å². The summed E-state index contributed by atoms with van der Waals surface area (Å²) < 4.78 is 0. The number of rotatable bonds is 1. The average molecular weight is 251 g/mol. The van der Waals surface area contributed by atoms with Crippen molar-refractivity contribution < 1.29 is 0 Å². The predicted molar refractivity (Wildman–Crippen MR) is 75.9 cm³/mol. The number of halogens is 1. The summed E-state index contributed by atoms with van der Waals surface area (Å²) in [6, 6.07) is 9.17. The van der Waals surface area contributed by atoms with Crippen molar-refractivity contribution >= 4 is 11.6 Å². The van der Waals surface area contributed by atoms with E-state index in [4.69, 9.17) is 11.6 Å². The first-order valence-electron chi connectivity index (χ1n) is 6.64. The van der Waals surface area contributed by atoms with Crippen LogP contribution in [0.3, 0.4) is 0 Å². The normalized spacial score (nSPS) is 29.6. The van der Waals surface area contributed by atoms with E-state index in [-0.39, 0.29) is 5.41 Å². The molecule has 3 atom stereocenters. The molecule has 2 rings (SSSR count). The molecule has 0 saturated heterocycles. The molecular weight excluding hydrogens is 228 g/mol. The van der Waals surface area contributed by atoms with Gasteiger partial charge in [-0.1, -0.05) is 52.0 Å². The molecule has 0 aromatic heterocycles. The van der Waals surface area contributed by atoms with Gasteiger partial charge in [0.25, 0.3) is 0 Å². The molecule has 0 bridgehead atoms. The molecule has 0 nitrogen and oxygen atoms in total. The van der Waals surface area contributed by atoms with E-state index in [1.807, 2.05) is 0 Å². The van der Waals surface area contributed by atoms with Gasteiger partial charge in [0.05, 0.1) is 0 Å². The zero-order valence-electron chi connectivity index (χ0n) is 11.3. The lowest BCUT2D eigenvalue weighted by Gasteiger charge is -2.22. The van der Waals surface area contributed by atoms with Crippen LogP contribution in [0, 0.1) is 5.92 Å². The topological polar surface area (TPSA) is 0 Å². The second-order valence-electron chi connectivity index (χ2n) is 6.43. The van der Waals surface area contributed by atoms with Crippen LogP contribution < -0.4 is 0 Å². The third-order valence-electron chi connectivity index (χ3n) is 4.16. The Labute approximate surface area is 110 Å². The molecule has 1 fully saturated rings. The first-order chi connectivity index (χ1) is 7.89. The molecule has 0 heterocycles. The molecule has 0 radical (unpaired) electrons. The van der Waals surface area contributed by atoms with Crippen molar-refractivity contribution in [1.29, 1.82) is 0 Å². The van der Waals surface area contributed by atoms with E-state index in [1.54, 1.807) is 0 Å². The van der Waals surface area contributed by atoms with Crippen LogP contribution in [0.15, 0.2) is 24.3 Å². The highest BCUT2D eigenvalue weighted by atomic mass is 35.5. The smallest absolute Gasteiger partial charge is 0.0367 e. The molecule has 3 unspecified atom stereocenters. The quantitative estimate of drug-likeness (QED) is 0.608. The minimum atomic E-state index is 0.245. The molecule has 1 heteroatoms. The first-order valence-corrected chi connectivity index (χ1v) is 7.08. The van der Waals surface area contributed by atoms with Gasteiger partial charge in [-0.2, -0.15) is 0 Å². The number of hydrogen-bond acceptors (Lipinski definition) is 0. The van der Waals surface area contributed by atoms with Gasteiger partial charge in [0, 0.05) is 5.38 Å². The second kappa shape index (κ2) is 4.65. The van der Waals surface area contributed by atoms with Crippen LogP contribution in [0.1, 0.15) is 57.6 Å². The Morgan fingerprint density at radius 1 is 1.06 bits per heavy atom. The summed E-state index contributed by atoms with van der Waals surface area (Å²) >= 11 is 6.31. The van der Waals surface area contributed by atoms with E-state index in [9.17, 15) is 0 Å². The number of hydrogen-bond donors (Lipinski definition) is 0. The molecule has 1 aliphatic carbocycles. The van der Waals surface area contributed by atoms with E-state index in [0.717, 1.165) is 6.42 Å². The monoisotopic (exact) mass is 250 g/mol. The van der Waals surface area contributed by atoms with Gasteiger partial charge < -0.3 is 0 Å². The number of alkyl halides is 1. The maximum Gasteiger partial charge on any atom is 0.0367 e. The maximum atomic E-state index is 6.31. The summed E-state index contributed by atoms with van der Waals surface area (Å²) in [5.41, 5.74) is 3.12.